The Morgan fingerprint density at radius 3 is 2.24 bits per heavy atom. The quantitative estimate of drug-likeness (QED) is 0.745. The van der Waals surface area contributed by atoms with Crippen LogP contribution in [0.2, 0.25) is 0 Å². The summed E-state index contributed by atoms with van der Waals surface area (Å²) in [4.78, 5) is 23.9. The van der Waals surface area contributed by atoms with Gasteiger partial charge < -0.3 is 4.74 Å². The van der Waals surface area contributed by atoms with Crippen molar-refractivity contribution in [2.24, 2.45) is 0 Å². The predicted octanol–water partition coefficient (Wildman–Crippen LogP) is 1.81. The molecule has 1 aromatic carbocycles. The highest BCUT2D eigenvalue weighted by Gasteiger charge is 2.26. The summed E-state index contributed by atoms with van der Waals surface area (Å²) in [6.07, 6.45) is 3.89. The number of ether oxygens (including phenoxy) is 1. The van der Waals surface area contributed by atoms with Crippen LogP contribution < -0.4 is 4.74 Å². The van der Waals surface area contributed by atoms with Crippen molar-refractivity contribution in [1.29, 1.82) is 0 Å². The molecule has 17 heavy (non-hydrogen) atoms. The van der Waals surface area contributed by atoms with Crippen molar-refractivity contribution >= 4 is 17.9 Å². The number of carbonyl (C=O) groups excluding carboxylic acids is 2. The maximum absolute atomic E-state index is 11.3. The maximum Gasteiger partial charge on any atom is 0.233 e. The van der Waals surface area contributed by atoms with E-state index in [0.29, 0.717) is 12.8 Å². The van der Waals surface area contributed by atoms with Gasteiger partial charge in [-0.2, -0.15) is 0 Å². The molecule has 88 valence electrons. The van der Waals surface area contributed by atoms with E-state index in [0.717, 1.165) is 11.3 Å². The highest BCUT2D eigenvalue weighted by atomic mass is 16.5. The van der Waals surface area contributed by atoms with Crippen molar-refractivity contribution in [3.05, 3.63) is 36.0 Å². The fourth-order valence-corrected chi connectivity index (χ4v) is 1.64. The minimum atomic E-state index is -0.139. The van der Waals surface area contributed by atoms with Crippen molar-refractivity contribution in [2.45, 2.75) is 12.8 Å². The fourth-order valence-electron chi connectivity index (χ4n) is 1.64. The highest BCUT2D eigenvalue weighted by molar-refractivity contribution is 6.03. The van der Waals surface area contributed by atoms with Crippen LogP contribution in [0, 0.1) is 0 Å². The van der Waals surface area contributed by atoms with Gasteiger partial charge in [-0.1, -0.05) is 12.1 Å². The number of nitrogens with zero attached hydrogens (tertiary/aromatic N) is 1. The van der Waals surface area contributed by atoms with E-state index in [4.69, 9.17) is 4.74 Å². The number of amides is 2. The van der Waals surface area contributed by atoms with Crippen molar-refractivity contribution in [2.75, 3.05) is 7.11 Å². The Hall–Kier alpha value is -2.10. The highest BCUT2D eigenvalue weighted by Crippen LogP contribution is 2.15. The summed E-state index contributed by atoms with van der Waals surface area (Å²) < 4.78 is 5.04. The summed E-state index contributed by atoms with van der Waals surface area (Å²) in [6, 6.07) is 7.38. The molecule has 0 aliphatic carbocycles. The van der Waals surface area contributed by atoms with Gasteiger partial charge in [-0.3, -0.25) is 14.5 Å². The average Bonchev–Trinajstić information content (AvgIpc) is 2.67. The van der Waals surface area contributed by atoms with Crippen LogP contribution in [-0.4, -0.2) is 23.8 Å². The Morgan fingerprint density at radius 2 is 1.71 bits per heavy atom. The Morgan fingerprint density at radius 1 is 1.12 bits per heavy atom. The van der Waals surface area contributed by atoms with Crippen molar-refractivity contribution in [3.63, 3.8) is 0 Å². The summed E-state index contributed by atoms with van der Waals surface area (Å²) >= 11 is 0. The Kier molecular flexibility index (Phi) is 3.23. The van der Waals surface area contributed by atoms with Gasteiger partial charge in [0.25, 0.3) is 0 Å². The van der Waals surface area contributed by atoms with Gasteiger partial charge in [-0.05, 0) is 23.8 Å². The molecular formula is C13H13NO3. The number of methoxy groups -OCH3 is 1. The summed E-state index contributed by atoms with van der Waals surface area (Å²) in [5, 5.41) is 0. The smallest absolute Gasteiger partial charge is 0.233 e. The zero-order chi connectivity index (χ0) is 12.3. The van der Waals surface area contributed by atoms with Crippen molar-refractivity contribution < 1.29 is 14.3 Å². The van der Waals surface area contributed by atoms with Crippen molar-refractivity contribution in [1.82, 2.24) is 4.90 Å². The number of likely N-dealkylation sites (tertiary alicyclic amines) is 1. The maximum atomic E-state index is 11.3. The number of hydrogen-bond donors (Lipinski definition) is 0. The zero-order valence-corrected chi connectivity index (χ0v) is 9.55. The standard InChI is InChI=1S/C13H13NO3/c1-17-11-4-2-10(3-5-11)8-9-14-12(15)6-7-13(14)16/h2-5,8-9H,6-7H2,1H3/b9-8+. The number of hydrogen-bond acceptors (Lipinski definition) is 3. The molecule has 2 amide bonds. The third kappa shape index (κ3) is 2.53. The molecule has 1 aliphatic heterocycles. The van der Waals surface area contributed by atoms with E-state index in [-0.39, 0.29) is 11.8 Å². The summed E-state index contributed by atoms with van der Waals surface area (Å²) in [5.41, 5.74) is 0.915. The first kappa shape index (κ1) is 11.4. The minimum Gasteiger partial charge on any atom is -0.497 e. The lowest BCUT2D eigenvalue weighted by atomic mass is 10.2. The molecule has 1 aromatic rings. The monoisotopic (exact) mass is 231 g/mol. The van der Waals surface area contributed by atoms with Crippen LogP contribution in [0.25, 0.3) is 6.08 Å². The average molecular weight is 231 g/mol. The van der Waals surface area contributed by atoms with E-state index in [2.05, 4.69) is 0 Å². The molecule has 4 nitrogen and oxygen atoms in total. The van der Waals surface area contributed by atoms with Gasteiger partial charge in [-0.25, -0.2) is 0 Å². The van der Waals surface area contributed by atoms with Crippen LogP contribution in [0.1, 0.15) is 18.4 Å². The van der Waals surface area contributed by atoms with E-state index in [1.807, 2.05) is 24.3 Å². The first-order chi connectivity index (χ1) is 8.20. The van der Waals surface area contributed by atoms with E-state index < -0.39 is 0 Å². The molecule has 4 heteroatoms. The van der Waals surface area contributed by atoms with Crippen molar-refractivity contribution in [3.8, 4) is 5.75 Å². The molecule has 0 unspecified atom stereocenters. The number of imide groups is 1. The molecule has 0 radical (unpaired) electrons. The molecule has 1 fully saturated rings. The van der Waals surface area contributed by atoms with Gasteiger partial charge in [-0.15, -0.1) is 0 Å². The Bertz CT molecular complexity index is 446. The molecule has 1 saturated heterocycles. The third-order valence-corrected chi connectivity index (χ3v) is 2.62. The molecule has 0 atom stereocenters. The molecule has 2 rings (SSSR count). The molecule has 0 saturated carbocycles. The number of carbonyl (C=O) groups is 2. The predicted molar refractivity (Wildman–Crippen MR) is 63.1 cm³/mol. The lowest BCUT2D eigenvalue weighted by molar-refractivity contribution is -0.135. The van der Waals surface area contributed by atoms with Gasteiger partial charge in [0.2, 0.25) is 11.8 Å². The minimum absolute atomic E-state index is 0.139. The lowest BCUT2D eigenvalue weighted by Gasteiger charge is -2.06. The fraction of sp³-hybridized carbons (Fsp3) is 0.231. The first-order valence-corrected chi connectivity index (χ1v) is 5.38. The van der Waals surface area contributed by atoms with Crippen LogP contribution in [0.3, 0.4) is 0 Å². The normalized spacial score (nSPS) is 15.9. The molecule has 0 aromatic heterocycles. The first-order valence-electron chi connectivity index (χ1n) is 5.38. The van der Waals surface area contributed by atoms with Gasteiger partial charge in [0.1, 0.15) is 5.75 Å². The van der Waals surface area contributed by atoms with Gasteiger partial charge in [0.05, 0.1) is 7.11 Å². The van der Waals surface area contributed by atoms with Gasteiger partial charge in [0, 0.05) is 19.0 Å². The van der Waals surface area contributed by atoms with Crippen LogP contribution in [0.5, 0.6) is 5.75 Å². The topological polar surface area (TPSA) is 46.6 Å². The summed E-state index contributed by atoms with van der Waals surface area (Å²) in [6.45, 7) is 0. The number of rotatable bonds is 3. The number of benzene rings is 1. The van der Waals surface area contributed by atoms with Crippen LogP contribution in [0.15, 0.2) is 30.5 Å². The molecule has 0 N–H and O–H groups in total. The van der Waals surface area contributed by atoms with Gasteiger partial charge >= 0.3 is 0 Å². The molecule has 0 spiro atoms. The Balaban J connectivity index is 2.09. The second-order valence-corrected chi connectivity index (χ2v) is 3.75. The van der Waals surface area contributed by atoms with E-state index in [9.17, 15) is 9.59 Å². The molecule has 1 aliphatic rings. The summed E-state index contributed by atoms with van der Waals surface area (Å²) in [5.74, 6) is 0.495. The van der Waals surface area contributed by atoms with E-state index >= 15 is 0 Å². The zero-order valence-electron chi connectivity index (χ0n) is 9.55. The lowest BCUT2D eigenvalue weighted by Crippen LogP contribution is -2.22. The van der Waals surface area contributed by atoms with E-state index in [1.54, 1.807) is 13.2 Å². The summed E-state index contributed by atoms with van der Waals surface area (Å²) in [7, 11) is 1.60. The molecular weight excluding hydrogens is 218 g/mol. The van der Waals surface area contributed by atoms with Crippen LogP contribution in [0.4, 0.5) is 0 Å². The Labute approximate surface area is 99.5 Å². The SMILES string of the molecule is COc1ccc(/C=C/N2C(=O)CCC2=O)cc1. The molecule has 1 heterocycles. The second kappa shape index (κ2) is 4.82. The molecule has 0 bridgehead atoms. The van der Waals surface area contributed by atoms with Gasteiger partial charge in [0.15, 0.2) is 0 Å². The van der Waals surface area contributed by atoms with E-state index in [1.165, 1.54) is 11.1 Å². The second-order valence-electron chi connectivity index (χ2n) is 3.75. The van der Waals surface area contributed by atoms with Crippen LogP contribution >= 0.6 is 0 Å². The largest absolute Gasteiger partial charge is 0.497 e. The van der Waals surface area contributed by atoms with Crippen LogP contribution in [-0.2, 0) is 9.59 Å². The third-order valence-electron chi connectivity index (χ3n) is 2.62.